The molecule has 0 aromatic carbocycles. The number of rotatable bonds is 9. The van der Waals surface area contributed by atoms with E-state index >= 15 is 0 Å². The first-order valence-corrected chi connectivity index (χ1v) is 6.52. The SMILES string of the molecule is CCC(CC)(CC(=O)NCC(C)CCO)C(=O)O. The van der Waals surface area contributed by atoms with Gasteiger partial charge in [0.1, 0.15) is 0 Å². The number of amides is 1. The third-order valence-electron chi connectivity index (χ3n) is 3.58. The van der Waals surface area contributed by atoms with E-state index in [-0.39, 0.29) is 24.9 Å². The molecule has 1 unspecified atom stereocenters. The molecule has 0 aliphatic heterocycles. The Bertz CT molecular complexity index is 274. The summed E-state index contributed by atoms with van der Waals surface area (Å²) in [5.74, 6) is -0.946. The molecule has 1 atom stereocenters. The number of carboxylic acids is 1. The van der Waals surface area contributed by atoms with Gasteiger partial charge in [0.05, 0.1) is 5.41 Å². The number of aliphatic hydroxyl groups excluding tert-OH is 1. The highest BCUT2D eigenvalue weighted by Gasteiger charge is 2.37. The molecule has 1 amide bonds. The molecular formula is C13H25NO4. The van der Waals surface area contributed by atoms with Crippen LogP contribution >= 0.6 is 0 Å². The summed E-state index contributed by atoms with van der Waals surface area (Å²) in [4.78, 5) is 23.0. The summed E-state index contributed by atoms with van der Waals surface area (Å²) in [6, 6.07) is 0. The molecule has 3 N–H and O–H groups in total. The van der Waals surface area contributed by atoms with Gasteiger partial charge >= 0.3 is 5.97 Å². The molecule has 0 radical (unpaired) electrons. The third-order valence-corrected chi connectivity index (χ3v) is 3.58. The molecule has 0 spiro atoms. The van der Waals surface area contributed by atoms with Crippen LogP contribution in [0.3, 0.4) is 0 Å². The van der Waals surface area contributed by atoms with Crippen molar-refractivity contribution in [3.8, 4) is 0 Å². The van der Waals surface area contributed by atoms with Crippen LogP contribution in [0.15, 0.2) is 0 Å². The first-order valence-electron chi connectivity index (χ1n) is 6.52. The van der Waals surface area contributed by atoms with Crippen LogP contribution in [0.4, 0.5) is 0 Å². The molecule has 0 rings (SSSR count). The second kappa shape index (κ2) is 8.08. The van der Waals surface area contributed by atoms with Crippen molar-refractivity contribution in [3.05, 3.63) is 0 Å². The van der Waals surface area contributed by atoms with E-state index in [2.05, 4.69) is 5.32 Å². The lowest BCUT2D eigenvalue weighted by Gasteiger charge is -2.26. The highest BCUT2D eigenvalue weighted by molar-refractivity contribution is 5.84. The monoisotopic (exact) mass is 259 g/mol. The lowest BCUT2D eigenvalue weighted by atomic mass is 9.79. The Morgan fingerprint density at radius 1 is 1.28 bits per heavy atom. The maximum atomic E-state index is 11.8. The quantitative estimate of drug-likeness (QED) is 0.584. The van der Waals surface area contributed by atoms with E-state index in [1.165, 1.54) is 0 Å². The molecule has 106 valence electrons. The Labute approximate surface area is 109 Å². The summed E-state index contributed by atoms with van der Waals surface area (Å²) in [6.45, 7) is 6.09. The highest BCUT2D eigenvalue weighted by atomic mass is 16.4. The van der Waals surface area contributed by atoms with Gasteiger partial charge in [-0.2, -0.15) is 0 Å². The normalized spacial score (nSPS) is 13.1. The van der Waals surface area contributed by atoms with Crippen LogP contribution in [0.5, 0.6) is 0 Å². The molecule has 18 heavy (non-hydrogen) atoms. The molecule has 0 saturated heterocycles. The van der Waals surface area contributed by atoms with Crippen LogP contribution < -0.4 is 5.32 Å². The topological polar surface area (TPSA) is 86.6 Å². The average molecular weight is 259 g/mol. The number of carbonyl (C=O) groups excluding carboxylic acids is 1. The van der Waals surface area contributed by atoms with E-state index in [0.29, 0.717) is 25.8 Å². The summed E-state index contributed by atoms with van der Waals surface area (Å²) in [6.07, 6.45) is 1.53. The van der Waals surface area contributed by atoms with E-state index in [1.54, 1.807) is 13.8 Å². The van der Waals surface area contributed by atoms with Crippen LogP contribution in [-0.4, -0.2) is 35.2 Å². The van der Waals surface area contributed by atoms with Crippen LogP contribution in [0, 0.1) is 11.3 Å². The van der Waals surface area contributed by atoms with Gasteiger partial charge in [-0.15, -0.1) is 0 Å². The van der Waals surface area contributed by atoms with Crippen LogP contribution in [0.25, 0.3) is 0 Å². The van der Waals surface area contributed by atoms with Crippen molar-refractivity contribution in [2.24, 2.45) is 11.3 Å². The van der Waals surface area contributed by atoms with Gasteiger partial charge in [-0.1, -0.05) is 20.8 Å². The Morgan fingerprint density at radius 2 is 1.83 bits per heavy atom. The van der Waals surface area contributed by atoms with E-state index in [1.807, 2.05) is 6.92 Å². The number of aliphatic carboxylic acids is 1. The predicted molar refractivity (Wildman–Crippen MR) is 69.1 cm³/mol. The van der Waals surface area contributed by atoms with E-state index in [4.69, 9.17) is 5.11 Å². The van der Waals surface area contributed by atoms with E-state index < -0.39 is 11.4 Å². The predicted octanol–water partition coefficient (Wildman–Crippen LogP) is 1.40. The van der Waals surface area contributed by atoms with Crippen LogP contribution in [0.2, 0.25) is 0 Å². The molecule has 5 nitrogen and oxygen atoms in total. The maximum absolute atomic E-state index is 11.8. The smallest absolute Gasteiger partial charge is 0.310 e. The summed E-state index contributed by atoms with van der Waals surface area (Å²) in [5, 5.41) is 20.7. The Balaban J connectivity index is 4.32. The molecule has 0 saturated carbocycles. The fourth-order valence-corrected chi connectivity index (χ4v) is 1.86. The van der Waals surface area contributed by atoms with Crippen molar-refractivity contribution in [2.45, 2.75) is 46.5 Å². The van der Waals surface area contributed by atoms with Gasteiger partial charge in [-0.25, -0.2) is 0 Å². The molecule has 0 aliphatic rings. The van der Waals surface area contributed by atoms with Gasteiger partial charge in [0.25, 0.3) is 0 Å². The van der Waals surface area contributed by atoms with Gasteiger partial charge in [-0.3, -0.25) is 9.59 Å². The first kappa shape index (κ1) is 16.9. The molecule has 0 aliphatic carbocycles. The Hall–Kier alpha value is -1.10. The Morgan fingerprint density at radius 3 is 2.22 bits per heavy atom. The molecule has 5 heteroatoms. The van der Waals surface area contributed by atoms with Crippen molar-refractivity contribution in [1.29, 1.82) is 0 Å². The lowest BCUT2D eigenvalue weighted by Crippen LogP contribution is -2.38. The summed E-state index contributed by atoms with van der Waals surface area (Å²) in [7, 11) is 0. The zero-order valence-electron chi connectivity index (χ0n) is 11.5. The average Bonchev–Trinajstić information content (AvgIpc) is 2.33. The molecule has 0 bridgehead atoms. The molecule has 0 aromatic rings. The lowest BCUT2D eigenvalue weighted by molar-refractivity contribution is -0.152. The zero-order chi connectivity index (χ0) is 14.2. The number of aliphatic hydroxyl groups is 1. The van der Waals surface area contributed by atoms with Gasteiger partial charge in [-0.05, 0) is 25.2 Å². The first-order chi connectivity index (χ1) is 8.41. The van der Waals surface area contributed by atoms with Gasteiger partial charge in [0.2, 0.25) is 5.91 Å². The maximum Gasteiger partial charge on any atom is 0.310 e. The minimum Gasteiger partial charge on any atom is -0.481 e. The standard InChI is InChI=1S/C13H25NO4/c1-4-13(5-2,12(17)18)8-11(16)14-9-10(3)6-7-15/h10,15H,4-9H2,1-3H3,(H,14,16)(H,17,18). The van der Waals surface area contributed by atoms with E-state index in [9.17, 15) is 14.7 Å². The second-order valence-electron chi connectivity index (χ2n) is 4.89. The zero-order valence-corrected chi connectivity index (χ0v) is 11.5. The van der Waals surface area contributed by atoms with Crippen molar-refractivity contribution >= 4 is 11.9 Å². The van der Waals surface area contributed by atoms with Crippen molar-refractivity contribution < 1.29 is 19.8 Å². The number of nitrogens with one attached hydrogen (secondary N) is 1. The van der Waals surface area contributed by atoms with Crippen molar-refractivity contribution in [3.63, 3.8) is 0 Å². The minimum absolute atomic E-state index is 0.0151. The number of carboxylic acid groups (broad SMARTS) is 1. The molecular weight excluding hydrogens is 234 g/mol. The van der Waals surface area contributed by atoms with Gasteiger partial charge in [0.15, 0.2) is 0 Å². The minimum atomic E-state index is -0.954. The molecule has 0 heterocycles. The fraction of sp³-hybridized carbons (Fsp3) is 0.846. The summed E-state index contributed by atoms with van der Waals surface area (Å²) >= 11 is 0. The summed E-state index contributed by atoms with van der Waals surface area (Å²) < 4.78 is 0. The third kappa shape index (κ3) is 5.04. The summed E-state index contributed by atoms with van der Waals surface area (Å²) in [5.41, 5.74) is -0.954. The number of hydrogen-bond acceptors (Lipinski definition) is 3. The molecule has 0 aromatic heterocycles. The largest absolute Gasteiger partial charge is 0.481 e. The number of carbonyl (C=O) groups is 2. The second-order valence-corrected chi connectivity index (χ2v) is 4.89. The van der Waals surface area contributed by atoms with Crippen molar-refractivity contribution in [1.82, 2.24) is 5.32 Å². The van der Waals surface area contributed by atoms with Crippen LogP contribution in [0.1, 0.15) is 46.5 Å². The molecule has 0 fully saturated rings. The van der Waals surface area contributed by atoms with Gasteiger partial charge < -0.3 is 15.5 Å². The van der Waals surface area contributed by atoms with Crippen molar-refractivity contribution in [2.75, 3.05) is 13.2 Å². The Kier molecular flexibility index (Phi) is 7.59. The van der Waals surface area contributed by atoms with Crippen LogP contribution in [-0.2, 0) is 9.59 Å². The number of hydrogen-bond donors (Lipinski definition) is 3. The van der Waals surface area contributed by atoms with Gasteiger partial charge in [0, 0.05) is 19.6 Å². The highest BCUT2D eigenvalue weighted by Crippen LogP contribution is 2.30. The van der Waals surface area contributed by atoms with E-state index in [0.717, 1.165) is 0 Å². The fourth-order valence-electron chi connectivity index (χ4n) is 1.86.